The minimum Gasteiger partial charge on any atom is -0.377 e. The Balaban J connectivity index is 1.41. The van der Waals surface area contributed by atoms with Crippen molar-refractivity contribution >= 4 is 34.9 Å². The van der Waals surface area contributed by atoms with E-state index in [4.69, 9.17) is 10.5 Å². The molecule has 4 heterocycles. The molecule has 4 N–H and O–H groups in total. The summed E-state index contributed by atoms with van der Waals surface area (Å²) in [4.78, 5) is 23.0. The number of allylic oxidation sites excluding steroid dienone is 3. The highest BCUT2D eigenvalue weighted by atomic mass is 16.5. The number of rotatable bonds is 7. The summed E-state index contributed by atoms with van der Waals surface area (Å²) >= 11 is 0. The van der Waals surface area contributed by atoms with E-state index < -0.39 is 0 Å². The molecule has 0 saturated carbocycles. The van der Waals surface area contributed by atoms with Crippen molar-refractivity contribution in [2.75, 3.05) is 41.9 Å². The maximum Gasteiger partial charge on any atom is 0.247 e. The van der Waals surface area contributed by atoms with E-state index in [1.54, 1.807) is 12.3 Å². The number of anilines is 3. The van der Waals surface area contributed by atoms with E-state index in [2.05, 4.69) is 62.7 Å². The smallest absolute Gasteiger partial charge is 0.247 e. The molecule has 1 amide bonds. The summed E-state index contributed by atoms with van der Waals surface area (Å²) < 4.78 is 5.58. The average molecular weight is 484 g/mol. The van der Waals surface area contributed by atoms with Gasteiger partial charge in [-0.2, -0.15) is 0 Å². The molecule has 1 fully saturated rings. The van der Waals surface area contributed by atoms with Gasteiger partial charge in [0.25, 0.3) is 0 Å². The predicted octanol–water partition coefficient (Wildman–Crippen LogP) is 3.30. The summed E-state index contributed by atoms with van der Waals surface area (Å²) in [5.74, 6) is -0.275. The van der Waals surface area contributed by atoms with E-state index in [1.807, 2.05) is 29.6 Å². The lowest BCUT2D eigenvalue weighted by Gasteiger charge is -2.37. The van der Waals surface area contributed by atoms with Gasteiger partial charge >= 0.3 is 0 Å². The third-order valence-corrected chi connectivity index (χ3v) is 6.26. The number of ether oxygens (including phenoxy) is 1. The summed E-state index contributed by atoms with van der Waals surface area (Å²) in [6.07, 6.45) is 11.5. The van der Waals surface area contributed by atoms with Crippen LogP contribution in [0, 0.1) is 0 Å². The van der Waals surface area contributed by atoms with Crippen LogP contribution in [0.2, 0.25) is 0 Å². The molecular formula is C27H29N7O2. The molecule has 0 unspecified atom stereocenters. The lowest BCUT2D eigenvalue weighted by molar-refractivity contribution is -0.111. The number of carbonyl (C=O) groups is 1. The van der Waals surface area contributed by atoms with Gasteiger partial charge in [-0.25, -0.2) is 0 Å². The van der Waals surface area contributed by atoms with E-state index in [0.29, 0.717) is 31.1 Å². The minimum absolute atomic E-state index is 0.178. The quantitative estimate of drug-likeness (QED) is 0.519. The Morgan fingerprint density at radius 2 is 2.11 bits per heavy atom. The predicted molar refractivity (Wildman–Crippen MR) is 143 cm³/mol. The summed E-state index contributed by atoms with van der Waals surface area (Å²) in [6, 6.07) is 12.1. The fourth-order valence-electron chi connectivity index (χ4n) is 4.37. The van der Waals surface area contributed by atoms with Crippen LogP contribution in [-0.2, 0) is 9.53 Å². The fourth-order valence-corrected chi connectivity index (χ4v) is 4.37. The Morgan fingerprint density at radius 1 is 1.25 bits per heavy atom. The van der Waals surface area contributed by atoms with Crippen LogP contribution < -0.4 is 21.4 Å². The zero-order valence-electron chi connectivity index (χ0n) is 19.9. The van der Waals surface area contributed by atoms with Gasteiger partial charge in [-0.1, -0.05) is 6.58 Å². The molecule has 1 saturated heterocycles. The highest BCUT2D eigenvalue weighted by molar-refractivity contribution is 5.99. The van der Waals surface area contributed by atoms with Gasteiger partial charge in [0.2, 0.25) is 5.91 Å². The lowest BCUT2D eigenvalue weighted by Crippen LogP contribution is -2.49. The van der Waals surface area contributed by atoms with Crippen molar-refractivity contribution in [2.24, 2.45) is 10.7 Å². The first-order chi connectivity index (χ1) is 17.6. The molecule has 0 spiro atoms. The summed E-state index contributed by atoms with van der Waals surface area (Å²) in [5, 5.41) is 4.76. The third-order valence-electron chi connectivity index (χ3n) is 6.26. The highest BCUT2D eigenvalue weighted by Gasteiger charge is 2.23. The molecule has 0 bridgehead atoms. The third kappa shape index (κ3) is 5.07. The van der Waals surface area contributed by atoms with Crippen LogP contribution in [0.4, 0.5) is 17.1 Å². The first kappa shape index (κ1) is 23.5. The summed E-state index contributed by atoms with van der Waals surface area (Å²) in [7, 11) is 0. The van der Waals surface area contributed by atoms with Crippen molar-refractivity contribution in [1.82, 2.24) is 9.99 Å². The number of hydrazine groups is 1. The molecule has 3 aliphatic heterocycles. The van der Waals surface area contributed by atoms with Crippen LogP contribution in [0.5, 0.6) is 0 Å². The molecular weight excluding hydrogens is 454 g/mol. The van der Waals surface area contributed by atoms with Crippen molar-refractivity contribution < 1.29 is 9.53 Å². The van der Waals surface area contributed by atoms with Gasteiger partial charge in [-0.3, -0.25) is 25.2 Å². The normalized spacial score (nSPS) is 19.0. The molecule has 0 aliphatic carbocycles. The Morgan fingerprint density at radius 3 is 2.92 bits per heavy atom. The van der Waals surface area contributed by atoms with Gasteiger partial charge in [0.05, 0.1) is 36.3 Å². The van der Waals surface area contributed by atoms with Crippen LogP contribution in [0.3, 0.4) is 0 Å². The standard InChI is InChI=1S/C27H29N7O2/c1-2-27(35)31-22-8-10-30-25(14-22)26-13-20-16-29-9-7-19(20)17-34(26)32-21-3-5-23(6-4-21)33-11-12-36-18-24(33)15-28/h2-6,8-10,13-14,16-17,24,32H,1,7,11-12,15,18,28H2,(H,30,31,35)/t24-/m1/s1. The largest absolute Gasteiger partial charge is 0.377 e. The van der Waals surface area contributed by atoms with E-state index in [1.165, 1.54) is 6.08 Å². The molecule has 9 heteroatoms. The number of fused-ring (bicyclic) bond motifs is 1. The number of amides is 1. The molecule has 36 heavy (non-hydrogen) atoms. The van der Waals surface area contributed by atoms with Gasteiger partial charge in [-0.15, -0.1) is 0 Å². The topological polar surface area (TPSA) is 108 Å². The molecule has 2 aromatic rings. The van der Waals surface area contributed by atoms with Crippen molar-refractivity contribution in [3.8, 4) is 0 Å². The van der Waals surface area contributed by atoms with Crippen molar-refractivity contribution in [3.63, 3.8) is 0 Å². The SMILES string of the molecule is C=CC(=O)Nc1ccnc(C2=CC3=CN=CCC3=CN2Nc2ccc(N3CCOC[C@H]3CN)cc2)c1. The first-order valence-electron chi connectivity index (χ1n) is 11.9. The van der Waals surface area contributed by atoms with Crippen LogP contribution in [0.1, 0.15) is 12.1 Å². The van der Waals surface area contributed by atoms with Gasteiger partial charge in [-0.05, 0) is 54.1 Å². The summed E-state index contributed by atoms with van der Waals surface area (Å²) in [6.45, 7) is 6.23. The van der Waals surface area contributed by atoms with Crippen molar-refractivity contribution in [3.05, 3.63) is 90.6 Å². The van der Waals surface area contributed by atoms with E-state index >= 15 is 0 Å². The molecule has 1 aromatic heterocycles. The average Bonchev–Trinajstić information content (AvgIpc) is 2.93. The second kappa shape index (κ2) is 10.6. The first-order valence-corrected chi connectivity index (χ1v) is 11.9. The number of aromatic nitrogens is 1. The van der Waals surface area contributed by atoms with E-state index in [-0.39, 0.29) is 11.9 Å². The van der Waals surface area contributed by atoms with Crippen molar-refractivity contribution in [1.29, 1.82) is 0 Å². The van der Waals surface area contributed by atoms with Crippen LogP contribution in [0.25, 0.3) is 5.70 Å². The number of hydrogen-bond donors (Lipinski definition) is 3. The van der Waals surface area contributed by atoms with Gasteiger partial charge in [0, 0.05) is 61.3 Å². The maximum atomic E-state index is 11.8. The number of nitrogens with two attached hydrogens (primary N) is 1. The highest BCUT2D eigenvalue weighted by Crippen LogP contribution is 2.33. The van der Waals surface area contributed by atoms with Crippen LogP contribution >= 0.6 is 0 Å². The molecule has 1 atom stereocenters. The zero-order chi connectivity index (χ0) is 24.9. The van der Waals surface area contributed by atoms with Crippen LogP contribution in [0.15, 0.2) is 89.9 Å². The molecule has 1 aromatic carbocycles. The number of hydrogen-bond acceptors (Lipinski definition) is 8. The maximum absolute atomic E-state index is 11.8. The molecule has 184 valence electrons. The molecule has 5 rings (SSSR count). The second-order valence-corrected chi connectivity index (χ2v) is 8.61. The number of pyridine rings is 1. The number of carbonyl (C=O) groups excluding carboxylic acids is 1. The number of nitrogens with zero attached hydrogens (tertiary/aromatic N) is 4. The number of morpholine rings is 1. The Bertz CT molecular complexity index is 1260. The zero-order valence-corrected chi connectivity index (χ0v) is 19.9. The molecule has 0 radical (unpaired) electrons. The van der Waals surface area contributed by atoms with E-state index in [0.717, 1.165) is 41.2 Å². The van der Waals surface area contributed by atoms with Gasteiger partial charge < -0.3 is 20.7 Å². The Labute approximate surface area is 210 Å². The van der Waals surface area contributed by atoms with Crippen LogP contribution in [-0.4, -0.2) is 54.5 Å². The number of aliphatic imine (C=N–C) groups is 1. The number of nitrogens with one attached hydrogen (secondary N) is 2. The number of benzene rings is 1. The monoisotopic (exact) mass is 483 g/mol. The Hall–Kier alpha value is -4.21. The minimum atomic E-state index is -0.275. The molecule has 9 nitrogen and oxygen atoms in total. The second-order valence-electron chi connectivity index (χ2n) is 8.61. The lowest BCUT2D eigenvalue weighted by atomic mass is 9.98. The Kier molecular flexibility index (Phi) is 6.92. The van der Waals surface area contributed by atoms with Gasteiger partial charge in [0.15, 0.2) is 0 Å². The van der Waals surface area contributed by atoms with Gasteiger partial charge in [0.1, 0.15) is 0 Å². The summed E-state index contributed by atoms with van der Waals surface area (Å²) in [5.41, 5.74) is 15.8. The molecule has 3 aliphatic rings. The van der Waals surface area contributed by atoms with Crippen molar-refractivity contribution in [2.45, 2.75) is 12.5 Å². The van der Waals surface area contributed by atoms with E-state index in [9.17, 15) is 4.79 Å². The fraction of sp³-hybridized carbons (Fsp3) is 0.222.